The van der Waals surface area contributed by atoms with E-state index in [4.69, 9.17) is 10.5 Å². The molecule has 1 saturated carbocycles. The molecule has 0 aliphatic heterocycles. The molecule has 3 N–H and O–H groups in total. The lowest BCUT2D eigenvalue weighted by Gasteiger charge is -2.17. The number of hydrogen-bond acceptors (Lipinski definition) is 3. The van der Waals surface area contributed by atoms with Crippen LogP contribution in [0.25, 0.3) is 0 Å². The molecule has 4 nitrogen and oxygen atoms in total. The van der Waals surface area contributed by atoms with Gasteiger partial charge in [0.05, 0.1) is 0 Å². The van der Waals surface area contributed by atoms with Crippen LogP contribution < -0.4 is 15.8 Å². The summed E-state index contributed by atoms with van der Waals surface area (Å²) in [6.45, 7) is 2.45. The highest BCUT2D eigenvalue weighted by Gasteiger charge is 2.15. The summed E-state index contributed by atoms with van der Waals surface area (Å²) < 4.78 is 5.70. The molecule has 0 spiro atoms. The van der Waals surface area contributed by atoms with Crippen LogP contribution in [0.5, 0.6) is 5.75 Å². The fraction of sp³-hybridized carbons (Fsp3) is 0.588. The molecule has 4 heteroatoms. The third kappa shape index (κ3) is 4.74. The van der Waals surface area contributed by atoms with E-state index in [0.717, 1.165) is 29.7 Å². The predicted octanol–water partition coefficient (Wildman–Crippen LogP) is 2.67. The fourth-order valence-electron chi connectivity index (χ4n) is 2.91. The van der Waals surface area contributed by atoms with Crippen molar-refractivity contribution in [1.29, 1.82) is 0 Å². The Kier molecular flexibility index (Phi) is 6.05. The number of ether oxygens (including phenoxy) is 1. The summed E-state index contributed by atoms with van der Waals surface area (Å²) in [5.41, 5.74) is 7.67. The Bertz CT molecular complexity index is 466. The quantitative estimate of drug-likeness (QED) is 0.819. The average molecular weight is 290 g/mol. The smallest absolute Gasteiger partial charge is 0.258 e. The molecule has 1 aromatic rings. The summed E-state index contributed by atoms with van der Waals surface area (Å²) in [4.78, 5) is 12.0. The number of aryl methyl sites for hydroxylation is 1. The van der Waals surface area contributed by atoms with Crippen molar-refractivity contribution in [2.24, 2.45) is 5.73 Å². The summed E-state index contributed by atoms with van der Waals surface area (Å²) in [5.74, 6) is 0.712. The molecule has 116 valence electrons. The van der Waals surface area contributed by atoms with E-state index in [-0.39, 0.29) is 12.5 Å². The molecule has 0 saturated heterocycles. The molecular formula is C17H26N2O2. The number of nitrogens with one attached hydrogen (secondary N) is 1. The van der Waals surface area contributed by atoms with Gasteiger partial charge < -0.3 is 15.8 Å². The van der Waals surface area contributed by atoms with Gasteiger partial charge in [-0.2, -0.15) is 0 Å². The maximum atomic E-state index is 12.0. The van der Waals surface area contributed by atoms with Gasteiger partial charge in [-0.3, -0.25) is 4.79 Å². The number of para-hydroxylation sites is 1. The Labute approximate surface area is 127 Å². The SMILES string of the molecule is Cc1cccc(CN)c1OCC(=O)NC1CCCCCC1. The predicted molar refractivity (Wildman–Crippen MR) is 84.2 cm³/mol. The van der Waals surface area contributed by atoms with Crippen molar-refractivity contribution < 1.29 is 9.53 Å². The summed E-state index contributed by atoms with van der Waals surface area (Å²) in [6.07, 6.45) is 7.16. The Hall–Kier alpha value is -1.55. The Balaban J connectivity index is 1.86. The Morgan fingerprint density at radius 1 is 1.29 bits per heavy atom. The highest BCUT2D eigenvalue weighted by atomic mass is 16.5. The second-order valence-electron chi connectivity index (χ2n) is 5.81. The molecule has 0 radical (unpaired) electrons. The molecule has 1 aliphatic carbocycles. The van der Waals surface area contributed by atoms with Gasteiger partial charge in [0.15, 0.2) is 6.61 Å². The first-order chi connectivity index (χ1) is 10.2. The number of hydrogen-bond donors (Lipinski definition) is 2. The Morgan fingerprint density at radius 3 is 2.67 bits per heavy atom. The minimum atomic E-state index is -0.0341. The summed E-state index contributed by atoms with van der Waals surface area (Å²) >= 11 is 0. The molecular weight excluding hydrogens is 264 g/mol. The van der Waals surface area contributed by atoms with Gasteiger partial charge in [0, 0.05) is 18.2 Å². The van der Waals surface area contributed by atoms with Crippen LogP contribution >= 0.6 is 0 Å². The zero-order valence-corrected chi connectivity index (χ0v) is 12.9. The molecule has 1 aliphatic rings. The maximum Gasteiger partial charge on any atom is 0.258 e. The lowest BCUT2D eigenvalue weighted by atomic mass is 10.1. The first kappa shape index (κ1) is 15.8. The molecule has 1 fully saturated rings. The van der Waals surface area contributed by atoms with Gasteiger partial charge in [-0.05, 0) is 25.3 Å². The second-order valence-corrected chi connectivity index (χ2v) is 5.81. The fourth-order valence-corrected chi connectivity index (χ4v) is 2.91. The number of rotatable bonds is 5. The van der Waals surface area contributed by atoms with Crippen LogP contribution in [0.4, 0.5) is 0 Å². The standard InChI is InChI=1S/C17H26N2O2/c1-13-7-6-8-14(11-18)17(13)21-12-16(20)19-15-9-4-2-3-5-10-15/h6-8,15H,2-5,9-12,18H2,1H3,(H,19,20). The number of carbonyl (C=O) groups excluding carboxylic acids is 1. The third-order valence-corrected chi connectivity index (χ3v) is 4.08. The van der Waals surface area contributed by atoms with Gasteiger partial charge in [-0.15, -0.1) is 0 Å². The van der Waals surface area contributed by atoms with Crippen LogP contribution in [-0.4, -0.2) is 18.6 Å². The van der Waals surface area contributed by atoms with Crippen molar-refractivity contribution in [2.45, 2.75) is 58.0 Å². The zero-order chi connectivity index (χ0) is 15.1. The molecule has 2 rings (SSSR count). The van der Waals surface area contributed by atoms with Crippen molar-refractivity contribution in [3.8, 4) is 5.75 Å². The van der Waals surface area contributed by atoms with Crippen LogP contribution in [0.3, 0.4) is 0 Å². The van der Waals surface area contributed by atoms with E-state index < -0.39 is 0 Å². The summed E-state index contributed by atoms with van der Waals surface area (Å²) in [6, 6.07) is 6.17. The first-order valence-electron chi connectivity index (χ1n) is 7.91. The lowest BCUT2D eigenvalue weighted by molar-refractivity contribution is -0.123. The molecule has 0 heterocycles. The first-order valence-corrected chi connectivity index (χ1v) is 7.91. The van der Waals surface area contributed by atoms with Crippen LogP contribution in [-0.2, 0) is 11.3 Å². The Morgan fingerprint density at radius 2 is 2.00 bits per heavy atom. The summed E-state index contributed by atoms with van der Waals surface area (Å²) in [5, 5.41) is 3.09. The van der Waals surface area contributed by atoms with Crippen LogP contribution in [0.2, 0.25) is 0 Å². The minimum absolute atomic E-state index is 0.0341. The van der Waals surface area contributed by atoms with Crippen LogP contribution in [0, 0.1) is 6.92 Å². The van der Waals surface area contributed by atoms with E-state index in [9.17, 15) is 4.79 Å². The molecule has 0 atom stereocenters. The highest BCUT2D eigenvalue weighted by molar-refractivity contribution is 5.77. The largest absolute Gasteiger partial charge is 0.483 e. The van der Waals surface area contributed by atoms with E-state index in [1.807, 2.05) is 25.1 Å². The molecule has 0 bridgehead atoms. The topological polar surface area (TPSA) is 64.3 Å². The van der Waals surface area contributed by atoms with Crippen molar-refractivity contribution in [2.75, 3.05) is 6.61 Å². The number of carbonyl (C=O) groups is 1. The second kappa shape index (κ2) is 8.03. The molecule has 1 amide bonds. The number of nitrogens with two attached hydrogens (primary N) is 1. The van der Waals surface area contributed by atoms with E-state index >= 15 is 0 Å². The van der Waals surface area contributed by atoms with Crippen molar-refractivity contribution in [1.82, 2.24) is 5.32 Å². The minimum Gasteiger partial charge on any atom is -0.483 e. The number of amides is 1. The lowest BCUT2D eigenvalue weighted by Crippen LogP contribution is -2.37. The van der Waals surface area contributed by atoms with Gasteiger partial charge >= 0.3 is 0 Å². The zero-order valence-electron chi connectivity index (χ0n) is 12.9. The molecule has 0 unspecified atom stereocenters. The van der Waals surface area contributed by atoms with Gasteiger partial charge in [-0.25, -0.2) is 0 Å². The van der Waals surface area contributed by atoms with Gasteiger partial charge in [-0.1, -0.05) is 43.9 Å². The summed E-state index contributed by atoms with van der Waals surface area (Å²) in [7, 11) is 0. The van der Waals surface area contributed by atoms with Crippen molar-refractivity contribution in [3.05, 3.63) is 29.3 Å². The van der Waals surface area contributed by atoms with Gasteiger partial charge in [0.25, 0.3) is 5.91 Å². The van der Waals surface area contributed by atoms with Crippen LogP contribution in [0.1, 0.15) is 49.7 Å². The normalized spacial score (nSPS) is 16.3. The molecule has 0 aromatic heterocycles. The maximum absolute atomic E-state index is 12.0. The van der Waals surface area contributed by atoms with Crippen molar-refractivity contribution >= 4 is 5.91 Å². The molecule has 1 aromatic carbocycles. The molecule has 21 heavy (non-hydrogen) atoms. The van der Waals surface area contributed by atoms with E-state index in [2.05, 4.69) is 5.32 Å². The highest BCUT2D eigenvalue weighted by Crippen LogP contribution is 2.23. The average Bonchev–Trinajstić information content (AvgIpc) is 2.74. The van der Waals surface area contributed by atoms with Gasteiger partial charge in [0.2, 0.25) is 0 Å². The monoisotopic (exact) mass is 290 g/mol. The van der Waals surface area contributed by atoms with E-state index in [0.29, 0.717) is 12.6 Å². The van der Waals surface area contributed by atoms with E-state index in [1.165, 1.54) is 25.7 Å². The van der Waals surface area contributed by atoms with E-state index in [1.54, 1.807) is 0 Å². The third-order valence-electron chi connectivity index (χ3n) is 4.08. The van der Waals surface area contributed by atoms with Gasteiger partial charge in [0.1, 0.15) is 5.75 Å². The van der Waals surface area contributed by atoms with Crippen LogP contribution in [0.15, 0.2) is 18.2 Å². The number of benzene rings is 1. The van der Waals surface area contributed by atoms with Crippen molar-refractivity contribution in [3.63, 3.8) is 0 Å².